The van der Waals surface area contributed by atoms with E-state index in [1.165, 1.54) is 12.1 Å². The molecule has 0 radical (unpaired) electrons. The minimum absolute atomic E-state index is 0.0335. The van der Waals surface area contributed by atoms with E-state index in [9.17, 15) is 14.9 Å². The topological polar surface area (TPSA) is 107 Å². The third kappa shape index (κ3) is 3.05. The number of nitro benzene ring substituents is 1. The van der Waals surface area contributed by atoms with Crippen LogP contribution in [0.4, 0.5) is 11.4 Å². The first-order chi connectivity index (χ1) is 9.53. The molecule has 0 bridgehead atoms. The van der Waals surface area contributed by atoms with Crippen molar-refractivity contribution in [3.63, 3.8) is 0 Å². The van der Waals surface area contributed by atoms with Crippen LogP contribution in [0.2, 0.25) is 0 Å². The molecule has 7 nitrogen and oxygen atoms in total. The minimum atomic E-state index is -0.611. The number of hydrogen-bond donors (Lipinski definition) is 2. The number of rotatable bonds is 5. The number of primary amides is 1. The first-order valence-corrected chi connectivity index (χ1v) is 6.39. The largest absolute Gasteiger partial charge is 0.384 e. The molecule has 1 saturated heterocycles. The van der Waals surface area contributed by atoms with Crippen molar-refractivity contribution in [2.24, 2.45) is 11.1 Å². The van der Waals surface area contributed by atoms with Gasteiger partial charge in [-0.25, -0.2) is 0 Å². The Kier molecular flexibility index (Phi) is 4.19. The lowest BCUT2D eigenvalue weighted by Crippen LogP contribution is -2.46. The predicted molar refractivity (Wildman–Crippen MR) is 73.3 cm³/mol. The maximum Gasteiger partial charge on any atom is 0.269 e. The van der Waals surface area contributed by atoms with Crippen molar-refractivity contribution in [1.29, 1.82) is 0 Å². The average molecular weight is 279 g/mol. The summed E-state index contributed by atoms with van der Waals surface area (Å²) in [5.74, 6) is -0.338. The van der Waals surface area contributed by atoms with Crippen LogP contribution in [0.25, 0.3) is 0 Å². The monoisotopic (exact) mass is 279 g/mol. The van der Waals surface area contributed by atoms with Crippen LogP contribution in [-0.2, 0) is 9.53 Å². The van der Waals surface area contributed by atoms with Crippen molar-refractivity contribution in [3.8, 4) is 0 Å². The average Bonchev–Trinajstić information content (AvgIpc) is 2.46. The van der Waals surface area contributed by atoms with E-state index < -0.39 is 10.3 Å². The molecule has 1 aromatic rings. The Morgan fingerprint density at radius 2 is 1.95 bits per heavy atom. The van der Waals surface area contributed by atoms with Crippen molar-refractivity contribution in [2.45, 2.75) is 12.8 Å². The zero-order valence-electron chi connectivity index (χ0n) is 11.0. The van der Waals surface area contributed by atoms with Crippen molar-refractivity contribution in [2.75, 3.05) is 25.1 Å². The molecule has 0 saturated carbocycles. The fraction of sp³-hybridized carbons (Fsp3) is 0.462. The van der Waals surface area contributed by atoms with Crippen LogP contribution in [-0.4, -0.2) is 30.6 Å². The fourth-order valence-corrected chi connectivity index (χ4v) is 2.24. The number of non-ortho nitro benzene ring substituents is 1. The van der Waals surface area contributed by atoms with Crippen LogP contribution < -0.4 is 11.1 Å². The molecule has 3 N–H and O–H groups in total. The number of hydrogen-bond acceptors (Lipinski definition) is 5. The molecular weight excluding hydrogens is 262 g/mol. The summed E-state index contributed by atoms with van der Waals surface area (Å²) in [5, 5.41) is 13.7. The number of carbonyl (C=O) groups is 1. The lowest BCUT2D eigenvalue weighted by atomic mass is 9.79. The predicted octanol–water partition coefficient (Wildman–Crippen LogP) is 1.29. The molecule has 1 aromatic carbocycles. The first-order valence-electron chi connectivity index (χ1n) is 6.39. The van der Waals surface area contributed by atoms with Crippen molar-refractivity contribution in [3.05, 3.63) is 34.4 Å². The molecule has 0 aromatic heterocycles. The SMILES string of the molecule is NC(=O)C1(CNc2ccc([N+](=O)[O-])cc2)CCOCC1. The number of nitrogens with one attached hydrogen (secondary N) is 1. The number of nitrogens with zero attached hydrogens (tertiary/aromatic N) is 1. The molecule has 1 amide bonds. The third-order valence-corrected chi connectivity index (χ3v) is 3.68. The molecule has 0 unspecified atom stereocenters. The highest BCUT2D eigenvalue weighted by Gasteiger charge is 2.38. The summed E-state index contributed by atoms with van der Waals surface area (Å²) in [6.07, 6.45) is 1.17. The standard InChI is InChI=1S/C13H17N3O4/c14-12(17)13(5-7-20-8-6-13)9-15-10-1-3-11(4-2-10)16(18)19/h1-4,15H,5-9H2,(H2,14,17). The molecular formula is C13H17N3O4. The second-order valence-electron chi connectivity index (χ2n) is 4.91. The van der Waals surface area contributed by atoms with Gasteiger partial charge in [0.25, 0.3) is 5.69 Å². The number of carbonyl (C=O) groups excluding carboxylic acids is 1. The van der Waals surface area contributed by atoms with Crippen LogP contribution in [0.3, 0.4) is 0 Å². The number of amides is 1. The molecule has 1 fully saturated rings. The Labute approximate surface area is 116 Å². The Morgan fingerprint density at radius 3 is 2.45 bits per heavy atom. The summed E-state index contributed by atoms with van der Waals surface area (Å²) in [5.41, 5.74) is 5.65. The van der Waals surface area contributed by atoms with Crippen LogP contribution in [0.15, 0.2) is 24.3 Å². The second kappa shape index (κ2) is 5.87. The lowest BCUT2D eigenvalue weighted by molar-refractivity contribution is -0.384. The Bertz CT molecular complexity index is 495. The van der Waals surface area contributed by atoms with E-state index in [0.29, 0.717) is 32.6 Å². The highest BCUT2D eigenvalue weighted by Crippen LogP contribution is 2.30. The summed E-state index contributed by atoms with van der Waals surface area (Å²) in [6, 6.07) is 6.07. The zero-order valence-corrected chi connectivity index (χ0v) is 11.0. The summed E-state index contributed by atoms with van der Waals surface area (Å²) >= 11 is 0. The minimum Gasteiger partial charge on any atom is -0.384 e. The Balaban J connectivity index is 2.02. The van der Waals surface area contributed by atoms with Gasteiger partial charge in [-0.3, -0.25) is 14.9 Å². The molecule has 2 rings (SSSR count). The maximum absolute atomic E-state index is 11.7. The van der Waals surface area contributed by atoms with Gasteiger partial charge in [0, 0.05) is 37.6 Å². The van der Waals surface area contributed by atoms with Gasteiger partial charge in [-0.1, -0.05) is 0 Å². The number of ether oxygens (including phenoxy) is 1. The molecule has 0 atom stereocenters. The number of anilines is 1. The molecule has 20 heavy (non-hydrogen) atoms. The maximum atomic E-state index is 11.7. The van der Waals surface area contributed by atoms with Crippen molar-refractivity contribution in [1.82, 2.24) is 0 Å². The quantitative estimate of drug-likeness (QED) is 0.623. The smallest absolute Gasteiger partial charge is 0.269 e. The van der Waals surface area contributed by atoms with E-state index in [-0.39, 0.29) is 11.6 Å². The fourth-order valence-electron chi connectivity index (χ4n) is 2.24. The van der Waals surface area contributed by atoms with Crippen LogP contribution in [0.1, 0.15) is 12.8 Å². The van der Waals surface area contributed by atoms with Gasteiger partial charge in [-0.05, 0) is 25.0 Å². The highest BCUT2D eigenvalue weighted by molar-refractivity contribution is 5.81. The van der Waals surface area contributed by atoms with Gasteiger partial charge in [0.1, 0.15) is 0 Å². The Hall–Kier alpha value is -2.15. The molecule has 108 valence electrons. The summed E-state index contributed by atoms with van der Waals surface area (Å²) < 4.78 is 5.26. The van der Waals surface area contributed by atoms with Gasteiger partial charge in [-0.15, -0.1) is 0 Å². The zero-order chi connectivity index (χ0) is 14.6. The van der Waals surface area contributed by atoms with Gasteiger partial charge in [0.05, 0.1) is 10.3 Å². The summed E-state index contributed by atoms with van der Waals surface area (Å²) in [7, 11) is 0. The number of nitrogens with two attached hydrogens (primary N) is 1. The summed E-state index contributed by atoms with van der Waals surface area (Å²) in [4.78, 5) is 21.8. The molecule has 1 aliphatic heterocycles. The van der Waals surface area contributed by atoms with E-state index >= 15 is 0 Å². The molecule has 0 spiro atoms. The van der Waals surface area contributed by atoms with Gasteiger partial charge in [-0.2, -0.15) is 0 Å². The third-order valence-electron chi connectivity index (χ3n) is 3.68. The molecule has 0 aliphatic carbocycles. The van der Waals surface area contributed by atoms with Gasteiger partial charge in [0.2, 0.25) is 5.91 Å². The van der Waals surface area contributed by atoms with E-state index in [4.69, 9.17) is 10.5 Å². The molecule has 7 heteroatoms. The highest BCUT2D eigenvalue weighted by atomic mass is 16.6. The van der Waals surface area contributed by atoms with E-state index in [2.05, 4.69) is 5.32 Å². The van der Waals surface area contributed by atoms with Gasteiger partial charge >= 0.3 is 0 Å². The van der Waals surface area contributed by atoms with Gasteiger partial charge < -0.3 is 15.8 Å². The normalized spacial score (nSPS) is 17.4. The van der Waals surface area contributed by atoms with E-state index in [1.54, 1.807) is 12.1 Å². The lowest BCUT2D eigenvalue weighted by Gasteiger charge is -2.34. The van der Waals surface area contributed by atoms with Gasteiger partial charge in [0.15, 0.2) is 0 Å². The summed E-state index contributed by atoms with van der Waals surface area (Å²) in [6.45, 7) is 1.44. The van der Waals surface area contributed by atoms with Crippen molar-refractivity contribution >= 4 is 17.3 Å². The van der Waals surface area contributed by atoms with E-state index in [1.807, 2.05) is 0 Å². The van der Waals surface area contributed by atoms with Crippen LogP contribution >= 0.6 is 0 Å². The molecule has 1 aliphatic rings. The van der Waals surface area contributed by atoms with Crippen LogP contribution in [0.5, 0.6) is 0 Å². The van der Waals surface area contributed by atoms with E-state index in [0.717, 1.165) is 5.69 Å². The molecule has 1 heterocycles. The van der Waals surface area contributed by atoms with Crippen LogP contribution in [0, 0.1) is 15.5 Å². The first kappa shape index (κ1) is 14.3. The van der Waals surface area contributed by atoms with Crippen molar-refractivity contribution < 1.29 is 14.5 Å². The number of benzene rings is 1. The Morgan fingerprint density at radius 1 is 1.35 bits per heavy atom. The number of nitro groups is 1. The second-order valence-corrected chi connectivity index (χ2v) is 4.91.